The average molecular weight is 313 g/mol. The molecule has 0 spiro atoms. The minimum Gasteiger partial charge on any atom is -0.377 e. The third-order valence-corrected chi connectivity index (χ3v) is 5.27. The van der Waals surface area contributed by atoms with Gasteiger partial charge in [-0.05, 0) is 31.0 Å². The van der Waals surface area contributed by atoms with Crippen molar-refractivity contribution < 1.29 is 17.9 Å². The number of rotatable bonds is 3. The zero-order valence-electron chi connectivity index (χ0n) is 13.1. The Hall–Kier alpha value is -1.07. The molecule has 1 aromatic carbocycles. The predicted molar refractivity (Wildman–Crippen MR) is 78.4 cm³/mol. The summed E-state index contributed by atoms with van der Waals surface area (Å²) in [5, 5.41) is 3.59. The van der Waals surface area contributed by atoms with E-state index >= 15 is 0 Å². The molecule has 1 N–H and O–H groups in total. The number of benzene rings is 1. The Bertz CT molecular complexity index is 538. The number of halogens is 3. The molecule has 2 nitrogen and oxygen atoms in total. The zero-order chi connectivity index (χ0) is 16.1. The minimum atomic E-state index is -4.28. The molecule has 2 fully saturated rings. The van der Waals surface area contributed by atoms with Gasteiger partial charge in [0.1, 0.15) is 0 Å². The molecule has 4 atom stereocenters. The van der Waals surface area contributed by atoms with E-state index < -0.39 is 11.7 Å². The Morgan fingerprint density at radius 2 is 1.86 bits per heavy atom. The lowest BCUT2D eigenvalue weighted by molar-refractivity contribution is -0.137. The molecule has 2 aliphatic rings. The molecule has 1 saturated heterocycles. The first-order valence-corrected chi connectivity index (χ1v) is 7.76. The lowest BCUT2D eigenvalue weighted by Crippen LogP contribution is -2.66. The van der Waals surface area contributed by atoms with E-state index in [-0.39, 0.29) is 11.5 Å². The van der Waals surface area contributed by atoms with Crippen LogP contribution in [-0.4, -0.2) is 18.8 Å². The quantitative estimate of drug-likeness (QED) is 0.904. The van der Waals surface area contributed by atoms with Gasteiger partial charge in [0.05, 0.1) is 11.7 Å². The van der Waals surface area contributed by atoms with Crippen molar-refractivity contribution in [2.75, 3.05) is 6.61 Å². The summed E-state index contributed by atoms with van der Waals surface area (Å²) in [6.07, 6.45) is -2.91. The number of hydrogen-bond acceptors (Lipinski definition) is 2. The SMILES string of the molecule is C[C@H](N[C@@H]1[C@@H]2CCO[C@H]2C1(C)C)c1ccc(C(F)(F)F)cc1. The fourth-order valence-electron chi connectivity index (χ4n) is 3.99. The number of nitrogens with one attached hydrogen (secondary N) is 1. The van der Waals surface area contributed by atoms with Gasteiger partial charge in [-0.25, -0.2) is 0 Å². The van der Waals surface area contributed by atoms with Crippen molar-refractivity contribution in [3.8, 4) is 0 Å². The number of ether oxygens (including phenoxy) is 1. The lowest BCUT2D eigenvalue weighted by Gasteiger charge is -2.55. The van der Waals surface area contributed by atoms with Gasteiger partial charge in [0.2, 0.25) is 0 Å². The summed E-state index contributed by atoms with van der Waals surface area (Å²) < 4.78 is 43.6. The van der Waals surface area contributed by atoms with E-state index in [0.717, 1.165) is 30.7 Å². The first-order valence-electron chi connectivity index (χ1n) is 7.76. The van der Waals surface area contributed by atoms with Crippen LogP contribution in [-0.2, 0) is 10.9 Å². The van der Waals surface area contributed by atoms with Gasteiger partial charge in [0.15, 0.2) is 0 Å². The van der Waals surface area contributed by atoms with Crippen LogP contribution in [0.1, 0.15) is 44.4 Å². The predicted octanol–water partition coefficient (Wildman–Crippen LogP) is 4.17. The molecule has 1 aromatic rings. The van der Waals surface area contributed by atoms with Crippen LogP contribution in [0.5, 0.6) is 0 Å². The van der Waals surface area contributed by atoms with Crippen molar-refractivity contribution >= 4 is 0 Å². The van der Waals surface area contributed by atoms with Crippen LogP contribution in [0.2, 0.25) is 0 Å². The molecule has 1 aliphatic carbocycles. The summed E-state index contributed by atoms with van der Waals surface area (Å²) in [7, 11) is 0. The van der Waals surface area contributed by atoms with Gasteiger partial charge in [-0.3, -0.25) is 0 Å². The fraction of sp³-hybridized carbons (Fsp3) is 0.647. The smallest absolute Gasteiger partial charge is 0.377 e. The monoisotopic (exact) mass is 313 g/mol. The summed E-state index contributed by atoms with van der Waals surface area (Å²) in [6, 6.07) is 5.80. The summed E-state index contributed by atoms with van der Waals surface area (Å²) in [6.45, 7) is 7.20. The standard InChI is InChI=1S/C17H22F3NO/c1-10(11-4-6-12(7-5-11)17(18,19)20)21-14-13-8-9-22-15(13)16(14,2)3/h4-7,10,13-15,21H,8-9H2,1-3H3/t10-,13-,14+,15+/m0/s1. The van der Waals surface area contributed by atoms with Gasteiger partial charge >= 0.3 is 6.18 Å². The maximum atomic E-state index is 12.6. The van der Waals surface area contributed by atoms with Gasteiger partial charge in [0.25, 0.3) is 0 Å². The molecular formula is C17H22F3NO. The maximum absolute atomic E-state index is 12.6. The van der Waals surface area contributed by atoms with Gasteiger partial charge in [0, 0.05) is 30.0 Å². The molecule has 0 aromatic heterocycles. The van der Waals surface area contributed by atoms with Crippen LogP contribution in [0.3, 0.4) is 0 Å². The van der Waals surface area contributed by atoms with Gasteiger partial charge in [-0.1, -0.05) is 26.0 Å². The highest BCUT2D eigenvalue weighted by Gasteiger charge is 2.59. The van der Waals surface area contributed by atoms with Crippen LogP contribution in [0.15, 0.2) is 24.3 Å². The molecule has 3 rings (SSSR count). The van der Waals surface area contributed by atoms with Crippen LogP contribution >= 0.6 is 0 Å². The van der Waals surface area contributed by atoms with E-state index in [4.69, 9.17) is 4.74 Å². The number of fused-ring (bicyclic) bond motifs is 1. The highest BCUT2D eigenvalue weighted by molar-refractivity contribution is 5.27. The van der Waals surface area contributed by atoms with Gasteiger partial charge < -0.3 is 10.1 Å². The molecule has 22 heavy (non-hydrogen) atoms. The van der Waals surface area contributed by atoms with E-state index in [1.807, 2.05) is 6.92 Å². The Kier molecular flexibility index (Phi) is 3.76. The van der Waals surface area contributed by atoms with Crippen molar-refractivity contribution in [3.05, 3.63) is 35.4 Å². The first kappa shape index (κ1) is 15.8. The molecule has 1 aliphatic heterocycles. The topological polar surface area (TPSA) is 21.3 Å². The van der Waals surface area contributed by atoms with Crippen molar-refractivity contribution in [3.63, 3.8) is 0 Å². The van der Waals surface area contributed by atoms with Gasteiger partial charge in [-0.15, -0.1) is 0 Å². The summed E-state index contributed by atoms with van der Waals surface area (Å²) in [5.74, 6) is 0.520. The maximum Gasteiger partial charge on any atom is 0.416 e. The first-order chi connectivity index (χ1) is 10.2. The minimum absolute atomic E-state index is 0.0214. The van der Waals surface area contributed by atoms with Crippen molar-refractivity contribution in [2.45, 2.75) is 51.6 Å². The fourth-order valence-corrected chi connectivity index (χ4v) is 3.99. The van der Waals surface area contributed by atoms with Crippen LogP contribution in [0.25, 0.3) is 0 Å². The summed E-state index contributed by atoms with van der Waals surface area (Å²) in [4.78, 5) is 0. The number of alkyl halides is 3. The molecule has 0 radical (unpaired) electrons. The highest BCUT2D eigenvalue weighted by atomic mass is 19.4. The van der Waals surface area contributed by atoms with E-state index in [1.54, 1.807) is 12.1 Å². The third-order valence-electron chi connectivity index (χ3n) is 5.27. The molecule has 0 bridgehead atoms. The Balaban J connectivity index is 1.68. The van der Waals surface area contributed by atoms with E-state index in [0.29, 0.717) is 18.1 Å². The zero-order valence-corrected chi connectivity index (χ0v) is 13.1. The van der Waals surface area contributed by atoms with E-state index in [9.17, 15) is 13.2 Å². The van der Waals surface area contributed by atoms with Crippen LogP contribution in [0, 0.1) is 11.3 Å². The summed E-state index contributed by atoms with van der Waals surface area (Å²) >= 11 is 0. The van der Waals surface area contributed by atoms with Crippen molar-refractivity contribution in [1.82, 2.24) is 5.32 Å². The Morgan fingerprint density at radius 1 is 1.23 bits per heavy atom. The van der Waals surface area contributed by atoms with Crippen molar-refractivity contribution in [2.24, 2.45) is 11.3 Å². The van der Waals surface area contributed by atoms with E-state index in [1.165, 1.54) is 0 Å². The molecular weight excluding hydrogens is 291 g/mol. The van der Waals surface area contributed by atoms with Crippen molar-refractivity contribution in [1.29, 1.82) is 0 Å². The molecule has 1 heterocycles. The second-order valence-corrected chi connectivity index (χ2v) is 7.05. The van der Waals surface area contributed by atoms with Crippen LogP contribution in [0.4, 0.5) is 13.2 Å². The summed E-state index contributed by atoms with van der Waals surface area (Å²) in [5.41, 5.74) is 0.351. The average Bonchev–Trinajstić information content (AvgIpc) is 2.90. The molecule has 1 saturated carbocycles. The van der Waals surface area contributed by atoms with E-state index in [2.05, 4.69) is 19.2 Å². The molecule has 0 amide bonds. The normalized spacial score (nSPS) is 31.5. The Morgan fingerprint density at radius 3 is 2.45 bits per heavy atom. The third kappa shape index (κ3) is 2.54. The van der Waals surface area contributed by atoms with Gasteiger partial charge in [-0.2, -0.15) is 13.2 Å². The van der Waals surface area contributed by atoms with Crippen LogP contribution < -0.4 is 5.32 Å². The second kappa shape index (κ2) is 5.24. The molecule has 5 heteroatoms. The largest absolute Gasteiger partial charge is 0.416 e. The molecule has 0 unspecified atom stereocenters. The number of hydrogen-bond donors (Lipinski definition) is 1. The molecule has 122 valence electrons. The second-order valence-electron chi connectivity index (χ2n) is 7.05. The lowest BCUT2D eigenvalue weighted by atomic mass is 9.57. The Labute approximate surface area is 129 Å². The highest BCUT2D eigenvalue weighted by Crippen LogP contribution is 2.52.